The molecule has 1 aliphatic carbocycles. The molecule has 0 atom stereocenters. The van der Waals surface area contributed by atoms with Gasteiger partial charge in [0.1, 0.15) is 5.78 Å². The molecule has 1 aromatic rings. The summed E-state index contributed by atoms with van der Waals surface area (Å²) in [5, 5.41) is 6.33. The smallest absolute Gasteiger partial charge is 0.138 e. The van der Waals surface area contributed by atoms with Crippen LogP contribution in [0.3, 0.4) is 0 Å². The summed E-state index contributed by atoms with van der Waals surface area (Å²) in [6, 6.07) is 9.97. The minimum absolute atomic E-state index is 0.312. The SMILES string of the molecule is CC.CN(/N=C1/CCCC(=O)C1)c1ccccc1. The number of hydrazone groups is 1. The normalized spacial score (nSPS) is 17.1. The molecule has 18 heavy (non-hydrogen) atoms. The van der Waals surface area contributed by atoms with E-state index < -0.39 is 0 Å². The van der Waals surface area contributed by atoms with Gasteiger partial charge < -0.3 is 0 Å². The van der Waals surface area contributed by atoms with Crippen LogP contribution in [0.1, 0.15) is 39.5 Å². The third-order valence-electron chi connectivity index (χ3n) is 2.74. The fraction of sp³-hybridized carbons (Fsp3) is 0.467. The molecule has 1 aromatic carbocycles. The van der Waals surface area contributed by atoms with Crippen molar-refractivity contribution in [1.82, 2.24) is 0 Å². The van der Waals surface area contributed by atoms with Crippen LogP contribution >= 0.6 is 0 Å². The Bertz CT molecular complexity index is 398. The van der Waals surface area contributed by atoms with Gasteiger partial charge in [-0.25, -0.2) is 0 Å². The Labute approximate surface area is 110 Å². The first-order valence-electron chi connectivity index (χ1n) is 6.62. The summed E-state index contributed by atoms with van der Waals surface area (Å²) in [4.78, 5) is 11.3. The number of ketones is 1. The quantitative estimate of drug-likeness (QED) is 0.746. The van der Waals surface area contributed by atoms with Gasteiger partial charge in [0.05, 0.1) is 5.69 Å². The lowest BCUT2D eigenvalue weighted by Gasteiger charge is -2.17. The third kappa shape index (κ3) is 4.32. The summed E-state index contributed by atoms with van der Waals surface area (Å²) in [5.41, 5.74) is 2.05. The first kappa shape index (κ1) is 14.4. The Morgan fingerprint density at radius 2 is 1.78 bits per heavy atom. The molecular weight excluding hydrogens is 224 g/mol. The molecule has 1 fully saturated rings. The maximum absolute atomic E-state index is 11.3. The molecule has 0 heterocycles. The van der Waals surface area contributed by atoms with E-state index >= 15 is 0 Å². The summed E-state index contributed by atoms with van der Waals surface area (Å²) < 4.78 is 0. The summed E-state index contributed by atoms with van der Waals surface area (Å²) in [6.07, 6.45) is 3.13. The minimum Gasteiger partial charge on any atom is -0.299 e. The van der Waals surface area contributed by atoms with E-state index in [9.17, 15) is 4.79 Å². The molecule has 0 amide bonds. The molecular formula is C15H22N2O. The number of rotatable bonds is 2. The van der Waals surface area contributed by atoms with Crippen molar-refractivity contribution in [2.45, 2.75) is 39.5 Å². The van der Waals surface area contributed by atoms with E-state index in [4.69, 9.17) is 0 Å². The zero-order valence-corrected chi connectivity index (χ0v) is 11.5. The fourth-order valence-electron chi connectivity index (χ4n) is 1.89. The Kier molecular flexibility index (Phi) is 6.12. The maximum Gasteiger partial charge on any atom is 0.138 e. The number of benzene rings is 1. The van der Waals surface area contributed by atoms with Crippen molar-refractivity contribution in [3.63, 3.8) is 0 Å². The van der Waals surface area contributed by atoms with E-state index in [1.54, 1.807) is 0 Å². The largest absolute Gasteiger partial charge is 0.299 e. The third-order valence-corrected chi connectivity index (χ3v) is 2.74. The fourth-order valence-corrected chi connectivity index (χ4v) is 1.89. The molecule has 0 saturated heterocycles. The lowest BCUT2D eigenvalue weighted by molar-refractivity contribution is -0.118. The van der Waals surface area contributed by atoms with Gasteiger partial charge in [-0.15, -0.1) is 0 Å². The van der Waals surface area contributed by atoms with Crippen molar-refractivity contribution < 1.29 is 4.79 Å². The summed E-state index contributed by atoms with van der Waals surface area (Å²) >= 11 is 0. The van der Waals surface area contributed by atoms with E-state index in [1.807, 2.05) is 56.2 Å². The number of anilines is 1. The maximum atomic E-state index is 11.3. The second-order valence-electron chi connectivity index (χ2n) is 4.09. The van der Waals surface area contributed by atoms with Crippen LogP contribution in [0.2, 0.25) is 0 Å². The lowest BCUT2D eigenvalue weighted by Crippen LogP contribution is -2.19. The Balaban J connectivity index is 0.000000771. The van der Waals surface area contributed by atoms with Crippen LogP contribution in [0.4, 0.5) is 5.69 Å². The van der Waals surface area contributed by atoms with Gasteiger partial charge in [0.2, 0.25) is 0 Å². The van der Waals surface area contributed by atoms with Gasteiger partial charge in [-0.2, -0.15) is 5.10 Å². The monoisotopic (exact) mass is 246 g/mol. The average Bonchev–Trinajstić information content (AvgIpc) is 2.42. The van der Waals surface area contributed by atoms with E-state index in [0.29, 0.717) is 18.6 Å². The first-order chi connectivity index (χ1) is 8.75. The van der Waals surface area contributed by atoms with Crippen molar-refractivity contribution >= 4 is 17.2 Å². The van der Waals surface area contributed by atoms with Gasteiger partial charge in [0.25, 0.3) is 0 Å². The molecule has 0 aliphatic heterocycles. The highest BCUT2D eigenvalue weighted by Gasteiger charge is 2.15. The van der Waals surface area contributed by atoms with Gasteiger partial charge in [-0.1, -0.05) is 32.0 Å². The van der Waals surface area contributed by atoms with E-state index in [-0.39, 0.29) is 0 Å². The van der Waals surface area contributed by atoms with E-state index in [0.717, 1.165) is 24.2 Å². The van der Waals surface area contributed by atoms with Crippen molar-refractivity contribution in [2.24, 2.45) is 5.10 Å². The van der Waals surface area contributed by atoms with Gasteiger partial charge in [0, 0.05) is 25.6 Å². The zero-order valence-electron chi connectivity index (χ0n) is 11.5. The molecule has 0 unspecified atom stereocenters. The second-order valence-corrected chi connectivity index (χ2v) is 4.09. The zero-order chi connectivity index (χ0) is 13.4. The number of hydrogen-bond acceptors (Lipinski definition) is 3. The molecule has 0 N–H and O–H groups in total. The van der Waals surface area contributed by atoms with Crippen molar-refractivity contribution in [3.8, 4) is 0 Å². The molecule has 3 heteroatoms. The summed E-state index contributed by atoms with van der Waals surface area (Å²) in [7, 11) is 1.92. The first-order valence-corrected chi connectivity index (χ1v) is 6.62. The van der Waals surface area contributed by atoms with Gasteiger partial charge in [-0.3, -0.25) is 9.80 Å². The Morgan fingerprint density at radius 1 is 1.11 bits per heavy atom. The van der Waals surface area contributed by atoms with Crippen molar-refractivity contribution in [2.75, 3.05) is 12.1 Å². The highest BCUT2D eigenvalue weighted by molar-refractivity contribution is 6.04. The topological polar surface area (TPSA) is 32.7 Å². The minimum atomic E-state index is 0.312. The van der Waals surface area contributed by atoms with Crippen molar-refractivity contribution in [1.29, 1.82) is 0 Å². The molecule has 2 rings (SSSR count). The molecule has 0 aromatic heterocycles. The van der Waals surface area contributed by atoms with Crippen LogP contribution in [0.5, 0.6) is 0 Å². The van der Waals surface area contributed by atoms with Gasteiger partial charge in [0.15, 0.2) is 0 Å². The molecule has 3 nitrogen and oxygen atoms in total. The number of carbonyl (C=O) groups is 1. The Hall–Kier alpha value is -1.64. The van der Waals surface area contributed by atoms with Crippen LogP contribution in [-0.2, 0) is 4.79 Å². The molecule has 0 bridgehead atoms. The number of nitrogens with zero attached hydrogens (tertiary/aromatic N) is 2. The molecule has 0 spiro atoms. The van der Waals surface area contributed by atoms with Crippen molar-refractivity contribution in [3.05, 3.63) is 30.3 Å². The highest BCUT2D eigenvalue weighted by Crippen LogP contribution is 2.16. The molecule has 1 saturated carbocycles. The average molecular weight is 246 g/mol. The van der Waals surface area contributed by atoms with Crippen LogP contribution < -0.4 is 5.01 Å². The van der Waals surface area contributed by atoms with Crippen LogP contribution in [0.25, 0.3) is 0 Å². The predicted molar refractivity (Wildman–Crippen MR) is 77.1 cm³/mol. The van der Waals surface area contributed by atoms with Crippen LogP contribution in [0.15, 0.2) is 35.4 Å². The Morgan fingerprint density at radius 3 is 2.39 bits per heavy atom. The van der Waals surface area contributed by atoms with Crippen LogP contribution in [0, 0.1) is 0 Å². The van der Waals surface area contributed by atoms with Gasteiger partial charge in [-0.05, 0) is 25.0 Å². The highest BCUT2D eigenvalue weighted by atomic mass is 16.1. The van der Waals surface area contributed by atoms with E-state index in [2.05, 4.69) is 5.10 Å². The number of Topliss-reactive ketones (excluding diaryl/α,β-unsaturated/α-hetero) is 1. The predicted octanol–water partition coefficient (Wildman–Crippen LogP) is 3.65. The number of para-hydroxylation sites is 1. The lowest BCUT2D eigenvalue weighted by atomic mass is 9.97. The molecule has 1 aliphatic rings. The number of carbonyl (C=O) groups excluding carboxylic acids is 1. The summed E-state index contributed by atoms with van der Waals surface area (Å²) in [6.45, 7) is 4.00. The summed E-state index contributed by atoms with van der Waals surface area (Å²) in [5.74, 6) is 0.312. The van der Waals surface area contributed by atoms with E-state index in [1.165, 1.54) is 0 Å². The van der Waals surface area contributed by atoms with Crippen LogP contribution in [-0.4, -0.2) is 18.5 Å². The molecule has 0 radical (unpaired) electrons. The standard InChI is InChI=1S/C13H16N2O.C2H6/c1-15(12-7-3-2-4-8-12)14-11-6-5-9-13(16)10-11;1-2/h2-4,7-8H,5-6,9-10H2,1H3;1-2H3/b14-11-;. The molecule has 98 valence electrons. The second kappa shape index (κ2) is 7.64. The number of hydrogen-bond donors (Lipinski definition) is 0. The van der Waals surface area contributed by atoms with Gasteiger partial charge >= 0.3 is 0 Å².